The highest BCUT2D eigenvalue weighted by Gasteiger charge is 2.22. The Hall–Kier alpha value is -1.69. The molecule has 1 unspecified atom stereocenters. The summed E-state index contributed by atoms with van der Waals surface area (Å²) in [5, 5.41) is 11.2. The second-order valence-electron chi connectivity index (χ2n) is 5.13. The first-order valence-electron chi connectivity index (χ1n) is 6.97. The third kappa shape index (κ3) is 3.20. The summed E-state index contributed by atoms with van der Waals surface area (Å²) in [4.78, 5) is 6.82. The zero-order chi connectivity index (χ0) is 12.9. The maximum Gasteiger partial charge on any atom is 0.137 e. The maximum absolute atomic E-state index is 4.29. The zero-order valence-corrected chi connectivity index (χ0v) is 11.1. The van der Waals surface area contributed by atoms with Gasteiger partial charge in [0.25, 0.3) is 0 Å². The third-order valence-electron chi connectivity index (χ3n) is 3.75. The van der Waals surface area contributed by atoms with Crippen molar-refractivity contribution < 1.29 is 0 Å². The molecule has 6 nitrogen and oxygen atoms in total. The molecule has 0 aliphatic carbocycles. The third-order valence-corrected chi connectivity index (χ3v) is 3.75. The van der Waals surface area contributed by atoms with Crippen LogP contribution in [0, 0.1) is 0 Å². The molecular formula is C13H20N6. The second-order valence-corrected chi connectivity index (χ2v) is 5.13. The van der Waals surface area contributed by atoms with E-state index in [0.717, 1.165) is 31.9 Å². The number of likely N-dealkylation sites (tertiary alicyclic amines) is 1. The van der Waals surface area contributed by atoms with Crippen molar-refractivity contribution in [3.05, 3.63) is 30.6 Å². The quantitative estimate of drug-likeness (QED) is 0.879. The number of rotatable bonds is 5. The monoisotopic (exact) mass is 260 g/mol. The predicted molar refractivity (Wildman–Crippen MR) is 71.6 cm³/mol. The molecule has 0 bridgehead atoms. The Balaban J connectivity index is 1.46. The Morgan fingerprint density at radius 3 is 3.16 bits per heavy atom. The van der Waals surface area contributed by atoms with E-state index in [2.05, 4.69) is 25.2 Å². The maximum atomic E-state index is 4.29. The number of hydrogen-bond acceptors (Lipinski definition) is 4. The van der Waals surface area contributed by atoms with Gasteiger partial charge in [-0.15, -0.1) is 0 Å². The topological polar surface area (TPSA) is 62.6 Å². The minimum absolute atomic E-state index is 0.515. The molecule has 1 aliphatic rings. The first-order chi connectivity index (χ1) is 9.42. The SMILES string of the molecule is c1cnn(CCCN2CCCC(c3ncn[nH]3)C2)c1. The molecule has 1 N–H and O–H groups in total. The normalized spacial score (nSPS) is 20.7. The molecule has 0 saturated carbocycles. The van der Waals surface area contributed by atoms with Crippen molar-refractivity contribution in [2.45, 2.75) is 31.7 Å². The van der Waals surface area contributed by atoms with Gasteiger partial charge in [-0.05, 0) is 38.4 Å². The van der Waals surface area contributed by atoms with Crippen molar-refractivity contribution in [1.29, 1.82) is 0 Å². The molecule has 3 heterocycles. The van der Waals surface area contributed by atoms with Gasteiger partial charge < -0.3 is 4.90 Å². The summed E-state index contributed by atoms with van der Waals surface area (Å²) in [6.07, 6.45) is 9.06. The summed E-state index contributed by atoms with van der Waals surface area (Å²) in [6, 6.07) is 1.97. The van der Waals surface area contributed by atoms with Gasteiger partial charge in [0.15, 0.2) is 0 Å². The van der Waals surface area contributed by atoms with Crippen LogP contribution in [0.3, 0.4) is 0 Å². The lowest BCUT2D eigenvalue weighted by Gasteiger charge is -2.31. The molecule has 0 radical (unpaired) electrons. The van der Waals surface area contributed by atoms with Crippen molar-refractivity contribution >= 4 is 0 Å². The lowest BCUT2D eigenvalue weighted by atomic mass is 9.97. The highest BCUT2D eigenvalue weighted by Crippen LogP contribution is 2.23. The van der Waals surface area contributed by atoms with Crippen molar-refractivity contribution in [3.8, 4) is 0 Å². The van der Waals surface area contributed by atoms with Crippen LogP contribution in [0.2, 0.25) is 0 Å². The van der Waals surface area contributed by atoms with Gasteiger partial charge in [-0.25, -0.2) is 4.98 Å². The molecule has 6 heteroatoms. The number of piperidine rings is 1. The summed E-state index contributed by atoms with van der Waals surface area (Å²) >= 11 is 0. The molecule has 1 saturated heterocycles. The minimum atomic E-state index is 0.515. The van der Waals surface area contributed by atoms with Crippen LogP contribution >= 0.6 is 0 Å². The molecule has 0 aromatic carbocycles. The first kappa shape index (κ1) is 12.3. The van der Waals surface area contributed by atoms with E-state index in [-0.39, 0.29) is 0 Å². The standard InChI is InChI=1S/C13H20N6/c1-4-12(13-14-11-15-17-13)10-18(6-1)7-3-9-19-8-2-5-16-19/h2,5,8,11-12H,1,3-4,6-7,9-10H2,(H,14,15,17). The summed E-state index contributed by atoms with van der Waals surface area (Å²) in [6.45, 7) is 4.42. The molecule has 1 atom stereocenters. The van der Waals surface area contributed by atoms with Crippen molar-refractivity contribution in [3.63, 3.8) is 0 Å². The first-order valence-corrected chi connectivity index (χ1v) is 6.97. The largest absolute Gasteiger partial charge is 0.303 e. The van der Waals surface area contributed by atoms with E-state index in [1.165, 1.54) is 19.4 Å². The van der Waals surface area contributed by atoms with Crippen LogP contribution in [0.1, 0.15) is 31.0 Å². The van der Waals surface area contributed by atoms with Crippen LogP contribution < -0.4 is 0 Å². The molecule has 1 aliphatic heterocycles. The fraction of sp³-hybridized carbons (Fsp3) is 0.615. The predicted octanol–water partition coefficient (Wildman–Crippen LogP) is 1.27. The number of nitrogens with zero attached hydrogens (tertiary/aromatic N) is 5. The van der Waals surface area contributed by atoms with Crippen LogP contribution in [0.4, 0.5) is 0 Å². The summed E-state index contributed by atoms with van der Waals surface area (Å²) in [5.41, 5.74) is 0. The zero-order valence-electron chi connectivity index (χ0n) is 11.1. The molecule has 1 fully saturated rings. The molecule has 19 heavy (non-hydrogen) atoms. The fourth-order valence-electron chi connectivity index (χ4n) is 2.78. The van der Waals surface area contributed by atoms with Crippen LogP contribution in [-0.2, 0) is 6.54 Å². The number of aromatic nitrogens is 5. The van der Waals surface area contributed by atoms with Gasteiger partial charge in [0.2, 0.25) is 0 Å². The van der Waals surface area contributed by atoms with Crippen molar-refractivity contribution in [2.24, 2.45) is 0 Å². The molecule has 0 amide bonds. The van der Waals surface area contributed by atoms with E-state index < -0.39 is 0 Å². The minimum Gasteiger partial charge on any atom is -0.303 e. The Morgan fingerprint density at radius 1 is 1.37 bits per heavy atom. The number of H-pyrrole nitrogens is 1. The van der Waals surface area contributed by atoms with Gasteiger partial charge in [-0.1, -0.05) is 0 Å². The van der Waals surface area contributed by atoms with E-state index in [4.69, 9.17) is 0 Å². The lowest BCUT2D eigenvalue weighted by molar-refractivity contribution is 0.198. The summed E-state index contributed by atoms with van der Waals surface area (Å²) in [7, 11) is 0. The number of aryl methyl sites for hydroxylation is 1. The summed E-state index contributed by atoms with van der Waals surface area (Å²) < 4.78 is 2.00. The Bertz CT molecular complexity index is 463. The average Bonchev–Trinajstić information content (AvgIpc) is 3.12. The molecular weight excluding hydrogens is 240 g/mol. The van der Waals surface area contributed by atoms with E-state index in [9.17, 15) is 0 Å². The van der Waals surface area contributed by atoms with Crippen LogP contribution in [-0.4, -0.2) is 49.5 Å². The molecule has 2 aromatic rings. The average molecular weight is 260 g/mol. The Morgan fingerprint density at radius 2 is 2.37 bits per heavy atom. The van der Waals surface area contributed by atoms with E-state index in [1.54, 1.807) is 6.33 Å². The molecule has 0 spiro atoms. The molecule has 2 aromatic heterocycles. The fourth-order valence-corrected chi connectivity index (χ4v) is 2.78. The van der Waals surface area contributed by atoms with Crippen LogP contribution in [0.15, 0.2) is 24.8 Å². The van der Waals surface area contributed by atoms with Crippen molar-refractivity contribution in [1.82, 2.24) is 29.9 Å². The van der Waals surface area contributed by atoms with Gasteiger partial charge in [0, 0.05) is 31.4 Å². The highest BCUT2D eigenvalue weighted by molar-refractivity contribution is 4.96. The number of aromatic amines is 1. The Labute approximate surface area is 112 Å². The summed E-state index contributed by atoms with van der Waals surface area (Å²) in [5.74, 6) is 1.55. The highest BCUT2D eigenvalue weighted by atomic mass is 15.3. The van der Waals surface area contributed by atoms with E-state index >= 15 is 0 Å². The van der Waals surface area contributed by atoms with Crippen LogP contribution in [0.5, 0.6) is 0 Å². The smallest absolute Gasteiger partial charge is 0.137 e. The number of hydrogen-bond donors (Lipinski definition) is 1. The van der Waals surface area contributed by atoms with Gasteiger partial charge in [-0.2, -0.15) is 10.2 Å². The van der Waals surface area contributed by atoms with E-state index in [0.29, 0.717) is 5.92 Å². The molecule has 102 valence electrons. The van der Waals surface area contributed by atoms with Gasteiger partial charge in [0.05, 0.1) is 0 Å². The van der Waals surface area contributed by atoms with E-state index in [1.807, 2.05) is 23.1 Å². The van der Waals surface area contributed by atoms with Crippen molar-refractivity contribution in [2.75, 3.05) is 19.6 Å². The van der Waals surface area contributed by atoms with Gasteiger partial charge in [0.1, 0.15) is 12.2 Å². The van der Waals surface area contributed by atoms with Gasteiger partial charge in [-0.3, -0.25) is 9.78 Å². The molecule has 3 rings (SSSR count). The number of nitrogens with one attached hydrogen (secondary N) is 1. The van der Waals surface area contributed by atoms with Gasteiger partial charge >= 0.3 is 0 Å². The second kappa shape index (κ2) is 5.97. The Kier molecular flexibility index (Phi) is 3.88. The lowest BCUT2D eigenvalue weighted by Crippen LogP contribution is -2.35. The van der Waals surface area contributed by atoms with Crippen LogP contribution in [0.25, 0.3) is 0 Å².